The van der Waals surface area contributed by atoms with Crippen molar-refractivity contribution in [1.29, 1.82) is 5.26 Å². The minimum Gasteiger partial charge on any atom is -0.320 e. The molecule has 1 atom stereocenters. The Balaban J connectivity index is 2.85. The molecule has 0 aliphatic rings. The third-order valence-electron chi connectivity index (χ3n) is 2.61. The fourth-order valence-electron chi connectivity index (χ4n) is 1.59. The highest BCUT2D eigenvalue weighted by Gasteiger charge is 2.18. The van der Waals surface area contributed by atoms with Crippen LogP contribution in [0.4, 0.5) is 5.69 Å². The van der Waals surface area contributed by atoms with Crippen molar-refractivity contribution in [3.05, 3.63) is 29.8 Å². The molecular weight excluding hydrogens is 214 g/mol. The third-order valence-corrected chi connectivity index (χ3v) is 2.61. The molecule has 1 unspecified atom stereocenters. The monoisotopic (exact) mass is 231 g/mol. The second-order valence-electron chi connectivity index (χ2n) is 3.95. The molecule has 0 saturated carbocycles. The molecule has 1 aromatic rings. The fraction of sp³-hybridized carbons (Fsp3) is 0.385. The van der Waals surface area contributed by atoms with Crippen molar-refractivity contribution in [2.24, 2.45) is 5.73 Å². The zero-order valence-corrected chi connectivity index (χ0v) is 10.2. The summed E-state index contributed by atoms with van der Waals surface area (Å²) in [5.41, 5.74) is 7.01. The van der Waals surface area contributed by atoms with E-state index in [-0.39, 0.29) is 5.91 Å². The van der Waals surface area contributed by atoms with Gasteiger partial charge < -0.3 is 10.6 Å². The Labute approximate surface area is 102 Å². The molecule has 0 aromatic heterocycles. The number of nitrogens with zero attached hydrogens (tertiary/aromatic N) is 2. The average molecular weight is 231 g/mol. The standard InChI is InChI=1S/C13H17N3O/c1-3-5-12(15)13(17)16(2)11-7-4-6-10(8-11)9-14/h4,6-8,12H,3,5,15H2,1-2H3. The molecule has 1 amide bonds. The number of benzene rings is 1. The molecule has 4 heteroatoms. The Morgan fingerprint density at radius 2 is 2.29 bits per heavy atom. The van der Waals surface area contributed by atoms with Crippen LogP contribution in [0.15, 0.2) is 24.3 Å². The van der Waals surface area contributed by atoms with Crippen molar-refractivity contribution in [1.82, 2.24) is 0 Å². The van der Waals surface area contributed by atoms with Gasteiger partial charge in [-0.15, -0.1) is 0 Å². The minimum atomic E-state index is -0.476. The highest BCUT2D eigenvalue weighted by atomic mass is 16.2. The molecule has 0 saturated heterocycles. The fourth-order valence-corrected chi connectivity index (χ4v) is 1.59. The van der Waals surface area contributed by atoms with Gasteiger partial charge in [0.05, 0.1) is 17.7 Å². The van der Waals surface area contributed by atoms with Crippen molar-refractivity contribution in [2.75, 3.05) is 11.9 Å². The predicted molar refractivity (Wildman–Crippen MR) is 67.5 cm³/mol. The molecule has 0 radical (unpaired) electrons. The number of nitriles is 1. The van der Waals surface area contributed by atoms with E-state index in [0.29, 0.717) is 17.7 Å². The van der Waals surface area contributed by atoms with Gasteiger partial charge in [0.25, 0.3) is 0 Å². The van der Waals surface area contributed by atoms with E-state index < -0.39 is 6.04 Å². The van der Waals surface area contributed by atoms with Crippen molar-refractivity contribution in [3.8, 4) is 6.07 Å². The van der Waals surface area contributed by atoms with Crippen molar-refractivity contribution >= 4 is 11.6 Å². The topological polar surface area (TPSA) is 70.1 Å². The predicted octanol–water partition coefficient (Wildman–Crippen LogP) is 1.65. The number of likely N-dealkylation sites (N-methyl/N-ethyl adjacent to an activating group) is 1. The van der Waals surface area contributed by atoms with E-state index >= 15 is 0 Å². The van der Waals surface area contributed by atoms with Crippen molar-refractivity contribution in [2.45, 2.75) is 25.8 Å². The lowest BCUT2D eigenvalue weighted by molar-refractivity contribution is -0.119. The summed E-state index contributed by atoms with van der Waals surface area (Å²) in [7, 11) is 1.67. The van der Waals surface area contributed by atoms with E-state index in [2.05, 4.69) is 0 Å². The molecule has 1 aromatic carbocycles. The van der Waals surface area contributed by atoms with Gasteiger partial charge >= 0.3 is 0 Å². The molecule has 0 fully saturated rings. The van der Waals surface area contributed by atoms with Crippen LogP contribution in [0, 0.1) is 11.3 Å². The number of rotatable bonds is 4. The summed E-state index contributed by atoms with van der Waals surface area (Å²) in [6.07, 6.45) is 1.54. The summed E-state index contributed by atoms with van der Waals surface area (Å²) in [5, 5.41) is 8.80. The first-order valence-corrected chi connectivity index (χ1v) is 5.63. The van der Waals surface area contributed by atoms with Gasteiger partial charge in [0, 0.05) is 12.7 Å². The van der Waals surface area contributed by atoms with E-state index in [1.165, 1.54) is 4.90 Å². The van der Waals surface area contributed by atoms with Crippen LogP contribution in [0.2, 0.25) is 0 Å². The van der Waals surface area contributed by atoms with Crippen LogP contribution < -0.4 is 10.6 Å². The maximum absolute atomic E-state index is 12.0. The van der Waals surface area contributed by atoms with Crippen molar-refractivity contribution < 1.29 is 4.79 Å². The van der Waals surface area contributed by atoms with E-state index in [9.17, 15) is 4.79 Å². The number of hydrogen-bond donors (Lipinski definition) is 1. The number of nitrogens with two attached hydrogens (primary N) is 1. The third kappa shape index (κ3) is 3.30. The normalized spacial score (nSPS) is 11.6. The maximum Gasteiger partial charge on any atom is 0.243 e. The lowest BCUT2D eigenvalue weighted by Gasteiger charge is -2.21. The number of carbonyl (C=O) groups is 1. The SMILES string of the molecule is CCCC(N)C(=O)N(C)c1cccc(C#N)c1. The van der Waals surface area contributed by atoms with Gasteiger partial charge in [-0.2, -0.15) is 5.26 Å². The summed E-state index contributed by atoms with van der Waals surface area (Å²) >= 11 is 0. The first-order valence-electron chi connectivity index (χ1n) is 5.63. The van der Waals surface area contributed by atoms with Crippen LogP contribution in [0.1, 0.15) is 25.3 Å². The maximum atomic E-state index is 12.0. The van der Waals surface area contributed by atoms with Crippen LogP contribution in [-0.2, 0) is 4.79 Å². The first-order chi connectivity index (χ1) is 8.10. The molecule has 0 aliphatic carbocycles. The Hall–Kier alpha value is -1.86. The second kappa shape index (κ2) is 6.02. The van der Waals surface area contributed by atoms with Gasteiger partial charge in [0.2, 0.25) is 5.91 Å². The largest absolute Gasteiger partial charge is 0.320 e. The lowest BCUT2D eigenvalue weighted by atomic mass is 10.1. The molecule has 90 valence electrons. The smallest absolute Gasteiger partial charge is 0.243 e. The Morgan fingerprint density at radius 1 is 1.59 bits per heavy atom. The minimum absolute atomic E-state index is 0.123. The van der Waals surface area contributed by atoms with Crippen LogP contribution in [-0.4, -0.2) is 19.0 Å². The Morgan fingerprint density at radius 3 is 2.88 bits per heavy atom. The van der Waals surface area contributed by atoms with E-state index in [4.69, 9.17) is 11.0 Å². The molecule has 0 heterocycles. The zero-order valence-electron chi connectivity index (χ0n) is 10.2. The Kier molecular flexibility index (Phi) is 4.68. The summed E-state index contributed by atoms with van der Waals surface area (Å²) in [6, 6.07) is 8.49. The first kappa shape index (κ1) is 13.2. The summed E-state index contributed by atoms with van der Waals surface area (Å²) in [6.45, 7) is 1.99. The average Bonchev–Trinajstić information content (AvgIpc) is 2.37. The highest BCUT2D eigenvalue weighted by Crippen LogP contribution is 2.15. The van der Waals surface area contributed by atoms with E-state index in [1.54, 1.807) is 31.3 Å². The number of anilines is 1. The van der Waals surface area contributed by atoms with Gasteiger partial charge in [-0.05, 0) is 24.6 Å². The molecule has 1 rings (SSSR count). The highest BCUT2D eigenvalue weighted by molar-refractivity contribution is 5.96. The van der Waals surface area contributed by atoms with Gasteiger partial charge in [-0.1, -0.05) is 19.4 Å². The van der Waals surface area contributed by atoms with Crippen LogP contribution in [0.25, 0.3) is 0 Å². The molecule has 2 N–H and O–H groups in total. The molecule has 0 bridgehead atoms. The summed E-state index contributed by atoms with van der Waals surface area (Å²) in [5.74, 6) is -0.123. The second-order valence-corrected chi connectivity index (χ2v) is 3.95. The molecular formula is C13H17N3O. The quantitative estimate of drug-likeness (QED) is 0.856. The van der Waals surface area contributed by atoms with Crippen LogP contribution in [0.3, 0.4) is 0 Å². The summed E-state index contributed by atoms with van der Waals surface area (Å²) < 4.78 is 0. The van der Waals surface area contributed by atoms with Crippen molar-refractivity contribution in [3.63, 3.8) is 0 Å². The molecule has 0 aliphatic heterocycles. The number of carbonyl (C=O) groups excluding carboxylic acids is 1. The van der Waals surface area contributed by atoms with Gasteiger partial charge in [-0.3, -0.25) is 4.79 Å². The zero-order chi connectivity index (χ0) is 12.8. The van der Waals surface area contributed by atoms with Crippen LogP contribution >= 0.6 is 0 Å². The summed E-state index contributed by atoms with van der Waals surface area (Å²) in [4.78, 5) is 13.5. The molecule has 4 nitrogen and oxygen atoms in total. The molecule has 17 heavy (non-hydrogen) atoms. The number of hydrogen-bond acceptors (Lipinski definition) is 3. The molecule has 0 spiro atoms. The van der Waals surface area contributed by atoms with E-state index in [0.717, 1.165) is 6.42 Å². The van der Waals surface area contributed by atoms with Gasteiger partial charge in [0.1, 0.15) is 0 Å². The number of amides is 1. The van der Waals surface area contributed by atoms with Gasteiger partial charge in [0.15, 0.2) is 0 Å². The lowest BCUT2D eigenvalue weighted by Crippen LogP contribution is -2.41. The van der Waals surface area contributed by atoms with E-state index in [1.807, 2.05) is 13.0 Å². The Bertz CT molecular complexity index is 437. The van der Waals surface area contributed by atoms with Gasteiger partial charge in [-0.25, -0.2) is 0 Å². The van der Waals surface area contributed by atoms with Crippen LogP contribution in [0.5, 0.6) is 0 Å².